The van der Waals surface area contributed by atoms with Crippen LogP contribution in [0.15, 0.2) is 24.3 Å². The van der Waals surface area contributed by atoms with E-state index in [0.717, 1.165) is 18.6 Å². The molecule has 0 unspecified atom stereocenters. The Hall–Kier alpha value is -1.97. The van der Waals surface area contributed by atoms with Crippen LogP contribution in [0.2, 0.25) is 0 Å². The minimum atomic E-state index is -0.692. The Morgan fingerprint density at radius 2 is 1.55 bits per heavy atom. The van der Waals surface area contributed by atoms with Crippen LogP contribution >= 0.6 is 0 Å². The minimum Gasteiger partial charge on any atom is -0.497 e. The van der Waals surface area contributed by atoms with Gasteiger partial charge in [-0.3, -0.25) is 0 Å². The number of hydrogen-bond donors (Lipinski definition) is 0. The summed E-state index contributed by atoms with van der Waals surface area (Å²) in [5, 5.41) is 0. The van der Waals surface area contributed by atoms with Gasteiger partial charge in [0, 0.05) is 12.1 Å². The van der Waals surface area contributed by atoms with E-state index in [0.29, 0.717) is 29.5 Å². The first-order chi connectivity index (χ1) is 9.61. The number of rotatable bonds is 2. The minimum absolute atomic E-state index is 0.107. The average molecular weight is 278 g/mol. The Labute approximate surface area is 115 Å². The van der Waals surface area contributed by atoms with Crippen molar-refractivity contribution < 1.29 is 17.9 Å². The van der Waals surface area contributed by atoms with Crippen molar-refractivity contribution in [2.75, 3.05) is 7.11 Å². The molecular formula is C16H13F3O. The predicted molar refractivity (Wildman–Crippen MR) is 70.3 cm³/mol. The molecule has 0 saturated heterocycles. The summed E-state index contributed by atoms with van der Waals surface area (Å²) >= 11 is 0. The number of fused-ring (bicyclic) bond motifs is 1. The molecule has 0 N–H and O–H groups in total. The van der Waals surface area contributed by atoms with Gasteiger partial charge in [-0.15, -0.1) is 0 Å². The number of halogens is 3. The van der Waals surface area contributed by atoms with Crippen LogP contribution < -0.4 is 4.74 Å². The maximum Gasteiger partial charge on any atom is 0.137 e. The van der Waals surface area contributed by atoms with Crippen LogP contribution in [0.25, 0.3) is 11.1 Å². The molecule has 0 aromatic heterocycles. The van der Waals surface area contributed by atoms with Crippen LogP contribution in [0, 0.1) is 17.5 Å². The van der Waals surface area contributed by atoms with E-state index in [1.165, 1.54) is 19.2 Å². The highest BCUT2D eigenvalue weighted by Crippen LogP contribution is 2.37. The zero-order valence-electron chi connectivity index (χ0n) is 11.0. The van der Waals surface area contributed by atoms with E-state index >= 15 is 0 Å². The quantitative estimate of drug-likeness (QED) is 0.797. The molecule has 0 saturated carbocycles. The zero-order valence-corrected chi connectivity index (χ0v) is 11.0. The molecule has 1 aliphatic carbocycles. The number of ether oxygens (including phenoxy) is 1. The molecule has 3 rings (SSSR count). The van der Waals surface area contributed by atoms with Gasteiger partial charge >= 0.3 is 0 Å². The van der Waals surface area contributed by atoms with E-state index in [1.54, 1.807) is 0 Å². The van der Waals surface area contributed by atoms with Crippen LogP contribution in [0.5, 0.6) is 5.75 Å². The van der Waals surface area contributed by atoms with E-state index < -0.39 is 11.6 Å². The van der Waals surface area contributed by atoms with Crippen LogP contribution in [-0.2, 0) is 12.8 Å². The SMILES string of the molecule is COc1cc(F)c(-c2ccc(F)c3c2CCC3)c(F)c1. The molecule has 0 fully saturated rings. The van der Waals surface area contributed by atoms with Crippen molar-refractivity contribution in [1.29, 1.82) is 0 Å². The van der Waals surface area contributed by atoms with E-state index in [9.17, 15) is 13.2 Å². The maximum absolute atomic E-state index is 14.1. The third-order valence-corrected chi connectivity index (χ3v) is 3.75. The van der Waals surface area contributed by atoms with Gasteiger partial charge in [0.05, 0.1) is 12.7 Å². The Bertz CT molecular complexity index is 657. The molecular weight excluding hydrogens is 265 g/mol. The Balaban J connectivity index is 2.23. The van der Waals surface area contributed by atoms with Crippen molar-refractivity contribution in [2.45, 2.75) is 19.3 Å². The highest BCUT2D eigenvalue weighted by Gasteiger charge is 2.23. The third-order valence-electron chi connectivity index (χ3n) is 3.75. The van der Waals surface area contributed by atoms with Gasteiger partial charge in [0.25, 0.3) is 0 Å². The summed E-state index contributed by atoms with van der Waals surface area (Å²) < 4.78 is 46.8. The molecule has 0 heterocycles. The summed E-state index contributed by atoms with van der Waals surface area (Å²) in [5.41, 5.74) is 1.63. The lowest BCUT2D eigenvalue weighted by Gasteiger charge is -2.12. The normalized spacial score (nSPS) is 13.4. The highest BCUT2D eigenvalue weighted by atomic mass is 19.1. The fraction of sp³-hybridized carbons (Fsp3) is 0.250. The molecule has 0 radical (unpaired) electrons. The molecule has 0 amide bonds. The van der Waals surface area contributed by atoms with Crippen molar-refractivity contribution in [1.82, 2.24) is 0 Å². The van der Waals surface area contributed by atoms with Gasteiger partial charge in [-0.1, -0.05) is 6.07 Å². The van der Waals surface area contributed by atoms with Gasteiger partial charge in [0.2, 0.25) is 0 Å². The fourth-order valence-electron chi connectivity index (χ4n) is 2.82. The highest BCUT2D eigenvalue weighted by molar-refractivity contribution is 5.71. The van der Waals surface area contributed by atoms with Crippen molar-refractivity contribution in [3.8, 4) is 16.9 Å². The molecule has 0 aliphatic heterocycles. The van der Waals surface area contributed by atoms with Gasteiger partial charge in [-0.25, -0.2) is 13.2 Å². The molecule has 1 nitrogen and oxygen atoms in total. The van der Waals surface area contributed by atoms with Crippen molar-refractivity contribution in [3.63, 3.8) is 0 Å². The van der Waals surface area contributed by atoms with Crippen LogP contribution in [-0.4, -0.2) is 7.11 Å². The summed E-state index contributed by atoms with van der Waals surface area (Å²) in [6, 6.07) is 5.02. The zero-order chi connectivity index (χ0) is 14.3. The van der Waals surface area contributed by atoms with Gasteiger partial charge in [-0.2, -0.15) is 0 Å². The van der Waals surface area contributed by atoms with Crippen molar-refractivity contribution in [3.05, 3.63) is 52.8 Å². The molecule has 20 heavy (non-hydrogen) atoms. The van der Waals surface area contributed by atoms with E-state index in [-0.39, 0.29) is 17.1 Å². The smallest absolute Gasteiger partial charge is 0.137 e. The lowest BCUT2D eigenvalue weighted by atomic mass is 9.95. The van der Waals surface area contributed by atoms with Crippen LogP contribution in [0.4, 0.5) is 13.2 Å². The van der Waals surface area contributed by atoms with E-state index in [2.05, 4.69) is 0 Å². The summed E-state index contributed by atoms with van der Waals surface area (Å²) in [6.07, 6.45) is 2.07. The lowest BCUT2D eigenvalue weighted by molar-refractivity contribution is 0.407. The standard InChI is InChI=1S/C16H13F3O/c1-20-9-7-14(18)16(15(19)8-9)12-5-6-13(17)11-4-2-3-10(11)12/h5-8H,2-4H2,1H3. The van der Waals surface area contributed by atoms with E-state index in [1.807, 2.05) is 0 Å². The Kier molecular flexibility index (Phi) is 3.16. The lowest BCUT2D eigenvalue weighted by Crippen LogP contribution is -1.98. The first-order valence-corrected chi connectivity index (χ1v) is 6.45. The van der Waals surface area contributed by atoms with Crippen molar-refractivity contribution >= 4 is 0 Å². The summed E-state index contributed by atoms with van der Waals surface area (Å²) in [4.78, 5) is 0. The average Bonchev–Trinajstić information content (AvgIpc) is 2.90. The number of methoxy groups -OCH3 is 1. The largest absolute Gasteiger partial charge is 0.497 e. The second-order valence-electron chi connectivity index (χ2n) is 4.87. The van der Waals surface area contributed by atoms with Gasteiger partial charge in [0.1, 0.15) is 23.2 Å². The molecule has 4 heteroatoms. The Morgan fingerprint density at radius 1 is 0.900 bits per heavy atom. The fourth-order valence-corrected chi connectivity index (χ4v) is 2.82. The molecule has 0 spiro atoms. The second-order valence-corrected chi connectivity index (χ2v) is 4.87. The predicted octanol–water partition coefficient (Wildman–Crippen LogP) is 4.27. The van der Waals surface area contributed by atoms with Gasteiger partial charge in [0.15, 0.2) is 0 Å². The van der Waals surface area contributed by atoms with Crippen molar-refractivity contribution in [2.24, 2.45) is 0 Å². The number of benzene rings is 2. The topological polar surface area (TPSA) is 9.23 Å². The molecule has 2 aromatic carbocycles. The van der Waals surface area contributed by atoms with E-state index in [4.69, 9.17) is 4.74 Å². The van der Waals surface area contributed by atoms with Crippen LogP contribution in [0.1, 0.15) is 17.5 Å². The third kappa shape index (κ3) is 1.96. The Morgan fingerprint density at radius 3 is 2.20 bits per heavy atom. The van der Waals surface area contributed by atoms with Gasteiger partial charge < -0.3 is 4.74 Å². The monoisotopic (exact) mass is 278 g/mol. The molecule has 2 aromatic rings. The second kappa shape index (κ2) is 4.85. The maximum atomic E-state index is 14.1. The van der Waals surface area contributed by atoms with Crippen LogP contribution in [0.3, 0.4) is 0 Å². The van der Waals surface area contributed by atoms with Gasteiger partial charge in [-0.05, 0) is 42.0 Å². The molecule has 0 atom stereocenters. The molecule has 0 bridgehead atoms. The molecule has 104 valence electrons. The first-order valence-electron chi connectivity index (χ1n) is 6.45. The molecule has 1 aliphatic rings. The summed E-state index contributed by atoms with van der Waals surface area (Å²) in [5.74, 6) is -1.55. The summed E-state index contributed by atoms with van der Waals surface area (Å²) in [6.45, 7) is 0. The first kappa shape index (κ1) is 13.0. The number of hydrogen-bond acceptors (Lipinski definition) is 1. The summed E-state index contributed by atoms with van der Waals surface area (Å²) in [7, 11) is 1.35.